The molecule has 4 rings (SSSR count). The number of hydrogen-bond donors (Lipinski definition) is 1. The summed E-state index contributed by atoms with van der Waals surface area (Å²) < 4.78 is 11.6. The number of anilines is 1. The number of aryl methyl sites for hydroxylation is 1. The van der Waals surface area contributed by atoms with Gasteiger partial charge in [0.15, 0.2) is 16.6 Å². The number of carbonyl (C=O) groups is 1. The van der Waals surface area contributed by atoms with Gasteiger partial charge in [-0.1, -0.05) is 36.4 Å². The van der Waals surface area contributed by atoms with Crippen molar-refractivity contribution >= 4 is 22.4 Å². The predicted molar refractivity (Wildman–Crippen MR) is 106 cm³/mol. The third kappa shape index (κ3) is 3.80. The van der Waals surface area contributed by atoms with Crippen molar-refractivity contribution in [3.63, 3.8) is 0 Å². The fraction of sp³-hybridized carbons (Fsp3) is 0.238. The zero-order chi connectivity index (χ0) is 18.8. The van der Waals surface area contributed by atoms with Gasteiger partial charge in [-0.3, -0.25) is 10.1 Å². The van der Waals surface area contributed by atoms with Crippen LogP contribution >= 0.6 is 11.3 Å². The summed E-state index contributed by atoms with van der Waals surface area (Å²) in [6.07, 6.45) is 1.51. The van der Waals surface area contributed by atoms with E-state index < -0.39 is 6.10 Å². The van der Waals surface area contributed by atoms with Crippen LogP contribution in [0.25, 0.3) is 0 Å². The maximum absolute atomic E-state index is 12.7. The van der Waals surface area contributed by atoms with Crippen molar-refractivity contribution in [1.82, 2.24) is 4.98 Å². The molecule has 0 fully saturated rings. The van der Waals surface area contributed by atoms with E-state index in [0.717, 1.165) is 11.3 Å². The van der Waals surface area contributed by atoms with Crippen LogP contribution in [-0.2, 0) is 11.2 Å². The van der Waals surface area contributed by atoms with E-state index in [1.54, 1.807) is 6.07 Å². The monoisotopic (exact) mass is 380 g/mol. The molecular weight excluding hydrogens is 360 g/mol. The van der Waals surface area contributed by atoms with Crippen LogP contribution in [0.15, 0.2) is 54.7 Å². The lowest BCUT2D eigenvalue weighted by Crippen LogP contribution is -2.46. The topological polar surface area (TPSA) is 60.5 Å². The maximum Gasteiger partial charge on any atom is 0.271 e. The molecule has 27 heavy (non-hydrogen) atoms. The fourth-order valence-electron chi connectivity index (χ4n) is 3.03. The number of benzene rings is 2. The van der Waals surface area contributed by atoms with Crippen LogP contribution in [0, 0.1) is 6.92 Å². The van der Waals surface area contributed by atoms with Crippen molar-refractivity contribution in [3.8, 4) is 11.5 Å². The SMILES string of the molecule is Cc1ccccc1Cc1cnc(NC(=O)[C@@H]2Oc3ccccc3O[C@H]2C)s1. The molecule has 1 aliphatic rings. The number of para-hydroxylation sites is 2. The van der Waals surface area contributed by atoms with Crippen LogP contribution < -0.4 is 14.8 Å². The molecule has 5 nitrogen and oxygen atoms in total. The van der Waals surface area contributed by atoms with E-state index >= 15 is 0 Å². The highest BCUT2D eigenvalue weighted by Gasteiger charge is 2.34. The Morgan fingerprint density at radius 1 is 1.11 bits per heavy atom. The van der Waals surface area contributed by atoms with Crippen LogP contribution in [0.3, 0.4) is 0 Å². The fourth-order valence-corrected chi connectivity index (χ4v) is 3.86. The number of fused-ring (bicyclic) bond motifs is 1. The van der Waals surface area contributed by atoms with Crippen molar-refractivity contribution in [2.45, 2.75) is 32.5 Å². The van der Waals surface area contributed by atoms with E-state index in [2.05, 4.69) is 29.4 Å². The molecule has 0 aliphatic carbocycles. The second-order valence-corrected chi connectivity index (χ2v) is 7.65. The highest BCUT2D eigenvalue weighted by Crippen LogP contribution is 2.34. The van der Waals surface area contributed by atoms with Gasteiger partial charge in [0, 0.05) is 17.5 Å². The second kappa shape index (κ2) is 7.40. The van der Waals surface area contributed by atoms with Crippen LogP contribution in [0.4, 0.5) is 5.13 Å². The number of hydrogen-bond acceptors (Lipinski definition) is 5. The van der Waals surface area contributed by atoms with Crippen molar-refractivity contribution in [2.75, 3.05) is 5.32 Å². The van der Waals surface area contributed by atoms with Gasteiger partial charge < -0.3 is 9.47 Å². The molecule has 1 aliphatic heterocycles. The molecule has 2 heterocycles. The van der Waals surface area contributed by atoms with Gasteiger partial charge in [0.25, 0.3) is 5.91 Å². The molecule has 1 amide bonds. The molecule has 2 aromatic carbocycles. The predicted octanol–water partition coefficient (Wildman–Crippen LogP) is 4.21. The Morgan fingerprint density at radius 2 is 1.81 bits per heavy atom. The number of rotatable bonds is 4. The Morgan fingerprint density at radius 3 is 2.59 bits per heavy atom. The van der Waals surface area contributed by atoms with Crippen LogP contribution in [0.5, 0.6) is 11.5 Å². The molecule has 0 bridgehead atoms. The Labute approximate surface area is 162 Å². The molecule has 0 saturated heterocycles. The zero-order valence-corrected chi connectivity index (χ0v) is 16.0. The molecule has 0 saturated carbocycles. The van der Waals surface area contributed by atoms with Crippen molar-refractivity contribution in [2.24, 2.45) is 0 Å². The van der Waals surface area contributed by atoms with E-state index in [9.17, 15) is 4.79 Å². The van der Waals surface area contributed by atoms with Gasteiger partial charge in [0.1, 0.15) is 6.10 Å². The van der Waals surface area contributed by atoms with Crippen molar-refractivity contribution in [1.29, 1.82) is 0 Å². The van der Waals surface area contributed by atoms with Gasteiger partial charge in [0.05, 0.1) is 0 Å². The maximum atomic E-state index is 12.7. The van der Waals surface area contributed by atoms with Crippen LogP contribution in [0.1, 0.15) is 22.9 Å². The lowest BCUT2D eigenvalue weighted by atomic mass is 10.1. The lowest BCUT2D eigenvalue weighted by molar-refractivity contribution is -0.128. The Bertz CT molecular complexity index is 969. The van der Waals surface area contributed by atoms with Gasteiger partial charge in [-0.05, 0) is 37.1 Å². The van der Waals surface area contributed by atoms with Gasteiger partial charge >= 0.3 is 0 Å². The summed E-state index contributed by atoms with van der Waals surface area (Å²) in [6, 6.07) is 15.6. The summed E-state index contributed by atoms with van der Waals surface area (Å²) in [4.78, 5) is 18.1. The molecule has 1 aromatic heterocycles. The standard InChI is InChI=1S/C21H20N2O3S/c1-13-7-3-4-8-15(13)11-16-12-22-21(27-16)23-20(24)19-14(2)25-17-9-5-6-10-18(17)26-19/h3-10,12,14,19H,11H2,1-2H3,(H,22,23,24)/t14-,19+/m0/s1. The largest absolute Gasteiger partial charge is 0.482 e. The molecular formula is C21H20N2O3S. The molecule has 0 spiro atoms. The second-order valence-electron chi connectivity index (χ2n) is 6.53. The number of aromatic nitrogens is 1. The summed E-state index contributed by atoms with van der Waals surface area (Å²) >= 11 is 1.48. The summed E-state index contributed by atoms with van der Waals surface area (Å²) in [5.74, 6) is 0.979. The zero-order valence-electron chi connectivity index (χ0n) is 15.1. The summed E-state index contributed by atoms with van der Waals surface area (Å²) in [7, 11) is 0. The normalized spacial score (nSPS) is 18.1. The first-order chi connectivity index (χ1) is 13.1. The third-order valence-corrected chi connectivity index (χ3v) is 5.42. The average molecular weight is 380 g/mol. The third-order valence-electron chi connectivity index (χ3n) is 4.51. The quantitative estimate of drug-likeness (QED) is 0.737. The molecule has 3 aromatic rings. The van der Waals surface area contributed by atoms with E-state index in [1.165, 1.54) is 22.5 Å². The summed E-state index contributed by atoms with van der Waals surface area (Å²) in [6.45, 7) is 3.92. The smallest absolute Gasteiger partial charge is 0.271 e. The van der Waals surface area contributed by atoms with Crippen molar-refractivity contribution in [3.05, 3.63) is 70.7 Å². The van der Waals surface area contributed by atoms with Gasteiger partial charge in [0.2, 0.25) is 6.10 Å². The van der Waals surface area contributed by atoms with E-state index in [0.29, 0.717) is 16.6 Å². The van der Waals surface area contributed by atoms with E-state index in [4.69, 9.17) is 9.47 Å². The summed E-state index contributed by atoms with van der Waals surface area (Å²) in [5.41, 5.74) is 2.50. The van der Waals surface area contributed by atoms with Gasteiger partial charge in [-0.2, -0.15) is 0 Å². The molecule has 1 N–H and O–H groups in total. The molecule has 0 unspecified atom stereocenters. The van der Waals surface area contributed by atoms with Crippen LogP contribution in [-0.4, -0.2) is 23.1 Å². The minimum atomic E-state index is -0.719. The molecule has 138 valence electrons. The number of nitrogens with zero attached hydrogens (tertiary/aromatic N) is 1. The summed E-state index contributed by atoms with van der Waals surface area (Å²) in [5, 5.41) is 3.42. The molecule has 2 atom stereocenters. The minimum Gasteiger partial charge on any atom is -0.482 e. The highest BCUT2D eigenvalue weighted by molar-refractivity contribution is 7.15. The average Bonchev–Trinajstić information content (AvgIpc) is 3.10. The van der Waals surface area contributed by atoms with Gasteiger partial charge in [-0.25, -0.2) is 4.98 Å². The van der Waals surface area contributed by atoms with E-state index in [-0.39, 0.29) is 12.0 Å². The first-order valence-electron chi connectivity index (χ1n) is 8.82. The highest BCUT2D eigenvalue weighted by atomic mass is 32.1. The van der Waals surface area contributed by atoms with Gasteiger partial charge in [-0.15, -0.1) is 11.3 Å². The minimum absolute atomic E-state index is 0.256. The molecule has 0 radical (unpaired) electrons. The van der Waals surface area contributed by atoms with E-state index in [1.807, 2.05) is 43.5 Å². The number of ether oxygens (including phenoxy) is 2. The number of thiazole rings is 1. The molecule has 6 heteroatoms. The lowest BCUT2D eigenvalue weighted by Gasteiger charge is -2.30. The Hall–Kier alpha value is -2.86. The Kier molecular flexibility index (Phi) is 4.81. The first kappa shape index (κ1) is 17.5. The number of nitrogens with one attached hydrogen (secondary N) is 1. The number of carbonyl (C=O) groups excluding carboxylic acids is 1. The van der Waals surface area contributed by atoms with Crippen molar-refractivity contribution < 1.29 is 14.3 Å². The number of amides is 1. The Balaban J connectivity index is 1.43. The van der Waals surface area contributed by atoms with Crippen LogP contribution in [0.2, 0.25) is 0 Å². The first-order valence-corrected chi connectivity index (χ1v) is 9.64.